The fourth-order valence-corrected chi connectivity index (χ4v) is 4.98. The van der Waals surface area contributed by atoms with Gasteiger partial charge in [0.1, 0.15) is 12.1 Å². The van der Waals surface area contributed by atoms with E-state index in [1.807, 2.05) is 31.3 Å². The van der Waals surface area contributed by atoms with Gasteiger partial charge in [-0.25, -0.2) is 9.97 Å². The topological polar surface area (TPSA) is 85.9 Å². The number of ketones is 1. The van der Waals surface area contributed by atoms with E-state index in [2.05, 4.69) is 22.1 Å². The maximum atomic E-state index is 12.8. The highest BCUT2D eigenvalue weighted by Gasteiger charge is 2.57. The standard InChI is InChI=1S/C20H21N3O2/c1-12-16-8-7-13-10-22-11-23-18(13)20(16,14-5-3-2-4-6-14)9-15(17(12)24)19(21)25/h2-6,10-12,15-16H,7-9H2,1H3,(H2,21,25)/t12-,15?,16-,20-/m0/s1. The Kier molecular flexibility index (Phi) is 3.67. The first-order valence-electron chi connectivity index (χ1n) is 8.73. The molecule has 1 fully saturated rings. The van der Waals surface area contributed by atoms with Gasteiger partial charge in [0.15, 0.2) is 0 Å². The van der Waals surface area contributed by atoms with Gasteiger partial charge in [-0.3, -0.25) is 9.59 Å². The lowest BCUT2D eigenvalue weighted by Crippen LogP contribution is -2.55. The molecule has 1 aromatic heterocycles. The van der Waals surface area contributed by atoms with Crippen LogP contribution in [0.2, 0.25) is 0 Å². The molecular formula is C20H21N3O2. The molecule has 2 aliphatic carbocycles. The summed E-state index contributed by atoms with van der Waals surface area (Å²) in [7, 11) is 0. The van der Waals surface area contributed by atoms with Crippen molar-refractivity contribution in [2.75, 3.05) is 0 Å². The van der Waals surface area contributed by atoms with Gasteiger partial charge in [0.05, 0.1) is 11.6 Å². The van der Waals surface area contributed by atoms with E-state index in [0.717, 1.165) is 29.7 Å². The van der Waals surface area contributed by atoms with Crippen LogP contribution in [0.15, 0.2) is 42.9 Å². The van der Waals surface area contributed by atoms with E-state index in [4.69, 9.17) is 5.73 Å². The van der Waals surface area contributed by atoms with Gasteiger partial charge in [0.2, 0.25) is 5.91 Å². The molecule has 0 saturated heterocycles. The zero-order valence-corrected chi connectivity index (χ0v) is 14.2. The Morgan fingerprint density at radius 3 is 2.76 bits per heavy atom. The van der Waals surface area contributed by atoms with Crippen molar-refractivity contribution in [1.82, 2.24) is 9.97 Å². The molecule has 2 N–H and O–H groups in total. The maximum absolute atomic E-state index is 12.8. The number of aryl methyl sites for hydroxylation is 1. The number of amides is 1. The highest BCUT2D eigenvalue weighted by molar-refractivity contribution is 6.02. The molecule has 2 aromatic rings. The van der Waals surface area contributed by atoms with Crippen molar-refractivity contribution in [1.29, 1.82) is 0 Å². The van der Waals surface area contributed by atoms with Crippen LogP contribution >= 0.6 is 0 Å². The zero-order chi connectivity index (χ0) is 17.6. The van der Waals surface area contributed by atoms with Crippen LogP contribution in [0.4, 0.5) is 0 Å². The van der Waals surface area contributed by atoms with Crippen molar-refractivity contribution in [3.8, 4) is 0 Å². The maximum Gasteiger partial charge on any atom is 0.228 e. The third-order valence-electron chi connectivity index (χ3n) is 6.12. The minimum Gasteiger partial charge on any atom is -0.369 e. The second-order valence-corrected chi connectivity index (χ2v) is 7.23. The van der Waals surface area contributed by atoms with E-state index >= 15 is 0 Å². The van der Waals surface area contributed by atoms with Crippen LogP contribution in [0, 0.1) is 17.8 Å². The van der Waals surface area contributed by atoms with Gasteiger partial charge < -0.3 is 5.73 Å². The van der Waals surface area contributed by atoms with Crippen LogP contribution in [0.25, 0.3) is 0 Å². The molecule has 5 heteroatoms. The van der Waals surface area contributed by atoms with Crippen LogP contribution in [-0.4, -0.2) is 21.7 Å². The van der Waals surface area contributed by atoms with Gasteiger partial charge in [-0.2, -0.15) is 0 Å². The second-order valence-electron chi connectivity index (χ2n) is 7.23. The normalized spacial score (nSPS) is 31.1. The summed E-state index contributed by atoms with van der Waals surface area (Å²) in [5.41, 5.74) is 8.30. The number of fused-ring (bicyclic) bond motifs is 3. The molecule has 1 unspecified atom stereocenters. The van der Waals surface area contributed by atoms with Crippen LogP contribution in [-0.2, 0) is 21.4 Å². The van der Waals surface area contributed by atoms with E-state index in [9.17, 15) is 9.59 Å². The highest BCUT2D eigenvalue weighted by Crippen LogP contribution is 2.55. The van der Waals surface area contributed by atoms with Crippen molar-refractivity contribution >= 4 is 11.7 Å². The summed E-state index contributed by atoms with van der Waals surface area (Å²) in [6.07, 6.45) is 5.56. The Labute approximate surface area is 146 Å². The number of benzene rings is 1. The van der Waals surface area contributed by atoms with Gasteiger partial charge in [-0.05, 0) is 36.3 Å². The Bertz CT molecular complexity index is 836. The summed E-state index contributed by atoms with van der Waals surface area (Å²) < 4.78 is 0. The number of aromatic nitrogens is 2. The number of nitrogens with two attached hydrogens (primary N) is 1. The molecule has 1 aromatic carbocycles. The number of Topliss-reactive ketones (excluding diaryl/α,β-unsaturated/α-hetero) is 1. The number of carbonyl (C=O) groups excluding carboxylic acids is 2. The van der Waals surface area contributed by atoms with Crippen molar-refractivity contribution in [2.45, 2.75) is 31.6 Å². The number of rotatable bonds is 2. The van der Waals surface area contributed by atoms with Gasteiger partial charge in [-0.15, -0.1) is 0 Å². The number of nitrogens with zero attached hydrogens (tertiary/aromatic N) is 2. The van der Waals surface area contributed by atoms with Crippen molar-refractivity contribution < 1.29 is 9.59 Å². The Morgan fingerprint density at radius 2 is 2.04 bits per heavy atom. The molecule has 0 bridgehead atoms. The highest BCUT2D eigenvalue weighted by atomic mass is 16.2. The Morgan fingerprint density at radius 1 is 1.28 bits per heavy atom. The molecule has 1 heterocycles. The third-order valence-corrected chi connectivity index (χ3v) is 6.12. The molecular weight excluding hydrogens is 314 g/mol. The molecule has 0 aliphatic heterocycles. The summed E-state index contributed by atoms with van der Waals surface area (Å²) in [4.78, 5) is 33.6. The quantitative estimate of drug-likeness (QED) is 0.851. The molecule has 0 radical (unpaired) electrons. The third kappa shape index (κ3) is 2.22. The molecule has 5 nitrogen and oxygen atoms in total. The summed E-state index contributed by atoms with van der Waals surface area (Å²) in [6, 6.07) is 10.1. The lowest BCUT2D eigenvalue weighted by atomic mass is 9.51. The summed E-state index contributed by atoms with van der Waals surface area (Å²) in [5.74, 6) is -1.45. The number of hydrogen-bond acceptors (Lipinski definition) is 4. The van der Waals surface area contributed by atoms with E-state index in [0.29, 0.717) is 6.42 Å². The molecule has 128 valence electrons. The zero-order valence-electron chi connectivity index (χ0n) is 14.2. The van der Waals surface area contributed by atoms with E-state index in [1.54, 1.807) is 6.33 Å². The Hall–Kier alpha value is -2.56. The van der Waals surface area contributed by atoms with Crippen LogP contribution in [0.3, 0.4) is 0 Å². The lowest BCUT2D eigenvalue weighted by Gasteiger charge is -2.51. The second kappa shape index (κ2) is 5.76. The monoisotopic (exact) mass is 335 g/mol. The molecule has 25 heavy (non-hydrogen) atoms. The summed E-state index contributed by atoms with van der Waals surface area (Å²) in [5, 5.41) is 0. The van der Waals surface area contributed by atoms with Crippen LogP contribution in [0.1, 0.15) is 36.6 Å². The van der Waals surface area contributed by atoms with Gasteiger partial charge in [-0.1, -0.05) is 37.3 Å². The molecule has 2 aliphatic rings. The Balaban J connectivity index is 1.99. The molecule has 4 rings (SSSR count). The lowest BCUT2D eigenvalue weighted by molar-refractivity contribution is -0.141. The smallest absolute Gasteiger partial charge is 0.228 e. The van der Waals surface area contributed by atoms with Crippen LogP contribution < -0.4 is 5.73 Å². The average Bonchev–Trinajstić information content (AvgIpc) is 2.64. The van der Waals surface area contributed by atoms with Gasteiger partial charge in [0.25, 0.3) is 0 Å². The molecule has 4 atom stereocenters. The van der Waals surface area contributed by atoms with Crippen molar-refractivity contribution in [3.63, 3.8) is 0 Å². The SMILES string of the molecule is C[C@@H]1C(=O)C(C(N)=O)C[C@@]2(c3ccccc3)c3ncncc3CC[C@@H]12. The summed E-state index contributed by atoms with van der Waals surface area (Å²) >= 11 is 0. The first-order chi connectivity index (χ1) is 12.1. The molecule has 0 spiro atoms. The average molecular weight is 335 g/mol. The fraction of sp³-hybridized carbons (Fsp3) is 0.400. The number of hydrogen-bond donors (Lipinski definition) is 1. The predicted molar refractivity (Wildman–Crippen MR) is 92.5 cm³/mol. The molecule has 1 amide bonds. The fourth-order valence-electron chi connectivity index (χ4n) is 4.98. The summed E-state index contributed by atoms with van der Waals surface area (Å²) in [6.45, 7) is 1.94. The van der Waals surface area contributed by atoms with Gasteiger partial charge >= 0.3 is 0 Å². The van der Waals surface area contributed by atoms with E-state index < -0.39 is 17.2 Å². The predicted octanol–water partition coefficient (Wildman–Crippen LogP) is 2.04. The number of primary amides is 1. The van der Waals surface area contributed by atoms with E-state index in [1.165, 1.54) is 0 Å². The van der Waals surface area contributed by atoms with Crippen molar-refractivity contribution in [3.05, 3.63) is 59.7 Å². The minimum absolute atomic E-state index is 0.0263. The number of carbonyl (C=O) groups is 2. The first-order valence-corrected chi connectivity index (χ1v) is 8.73. The van der Waals surface area contributed by atoms with Crippen molar-refractivity contribution in [2.24, 2.45) is 23.5 Å². The van der Waals surface area contributed by atoms with Gasteiger partial charge in [0, 0.05) is 17.5 Å². The van der Waals surface area contributed by atoms with Crippen LogP contribution in [0.5, 0.6) is 0 Å². The minimum atomic E-state index is -0.771. The first kappa shape index (κ1) is 15.9. The largest absolute Gasteiger partial charge is 0.369 e. The molecule has 1 saturated carbocycles. The van der Waals surface area contributed by atoms with E-state index in [-0.39, 0.29) is 17.6 Å².